The standard InChI is InChI=1S/C46H88NO4/c1-8-10-12-14-16-18-20-22-24-26-28-30-32-34-36-38-45(48)50-42(3)40-44(41-47(5,6)7)43(4)51-46(49)39-37-35-33-31-29-27-25-23-21-19-17-15-13-11-9-2/h22-25,42-44H,8-21,26-41H2,1-7H3/q+1/b24-22-,25-23-. The molecule has 0 saturated heterocycles. The number of hydrogen-bond donors (Lipinski definition) is 0. The van der Waals surface area contributed by atoms with Crippen molar-refractivity contribution < 1.29 is 23.5 Å². The van der Waals surface area contributed by atoms with Gasteiger partial charge in [0.05, 0.1) is 33.8 Å². The van der Waals surface area contributed by atoms with Gasteiger partial charge in [-0.3, -0.25) is 9.59 Å². The maximum Gasteiger partial charge on any atom is 0.306 e. The van der Waals surface area contributed by atoms with Crippen molar-refractivity contribution in [3.05, 3.63) is 24.3 Å². The molecule has 0 aliphatic rings. The minimum absolute atomic E-state index is 0.0969. The molecule has 0 spiro atoms. The first-order chi connectivity index (χ1) is 24.6. The molecule has 0 N–H and O–H groups in total. The number of unbranched alkanes of at least 4 members (excludes halogenated alkanes) is 22. The predicted octanol–water partition coefficient (Wildman–Crippen LogP) is 13.6. The zero-order chi connectivity index (χ0) is 37.8. The number of ether oxygens (including phenoxy) is 2. The zero-order valence-electron chi connectivity index (χ0n) is 35.3. The lowest BCUT2D eigenvalue weighted by molar-refractivity contribution is -0.874. The van der Waals surface area contributed by atoms with Gasteiger partial charge in [0.2, 0.25) is 0 Å². The van der Waals surface area contributed by atoms with Crippen LogP contribution in [-0.2, 0) is 19.1 Å². The van der Waals surface area contributed by atoms with E-state index in [1.54, 1.807) is 0 Å². The molecule has 0 aromatic rings. The van der Waals surface area contributed by atoms with E-state index in [4.69, 9.17) is 9.47 Å². The number of hydrogen-bond acceptors (Lipinski definition) is 4. The van der Waals surface area contributed by atoms with E-state index in [2.05, 4.69) is 59.3 Å². The molecule has 51 heavy (non-hydrogen) atoms. The van der Waals surface area contributed by atoms with Gasteiger partial charge >= 0.3 is 11.9 Å². The van der Waals surface area contributed by atoms with Gasteiger partial charge in [0, 0.05) is 18.8 Å². The molecule has 3 atom stereocenters. The molecule has 0 fully saturated rings. The van der Waals surface area contributed by atoms with Gasteiger partial charge in [-0.1, -0.05) is 141 Å². The maximum atomic E-state index is 12.7. The number of allylic oxidation sites excluding steroid dienone is 4. The number of quaternary nitrogens is 1. The summed E-state index contributed by atoms with van der Waals surface area (Å²) in [5.74, 6) is -0.0657. The van der Waals surface area contributed by atoms with Gasteiger partial charge in [0.1, 0.15) is 6.10 Å². The Bertz CT molecular complexity index is 845. The summed E-state index contributed by atoms with van der Waals surface area (Å²) in [6.45, 7) is 9.40. The molecule has 0 aliphatic carbocycles. The average molecular weight is 719 g/mol. The van der Waals surface area contributed by atoms with Crippen LogP contribution in [-0.4, -0.2) is 56.3 Å². The van der Waals surface area contributed by atoms with E-state index in [1.165, 1.54) is 141 Å². The van der Waals surface area contributed by atoms with Crippen molar-refractivity contribution in [2.24, 2.45) is 5.92 Å². The second kappa shape index (κ2) is 35.4. The lowest BCUT2D eigenvalue weighted by Gasteiger charge is -2.33. The van der Waals surface area contributed by atoms with Crippen LogP contribution < -0.4 is 0 Å². The van der Waals surface area contributed by atoms with Crippen LogP contribution in [0.2, 0.25) is 0 Å². The Morgan fingerprint density at radius 2 is 0.824 bits per heavy atom. The number of esters is 2. The third-order valence-electron chi connectivity index (χ3n) is 10.0. The highest BCUT2D eigenvalue weighted by molar-refractivity contribution is 5.69. The summed E-state index contributed by atoms with van der Waals surface area (Å²) in [5, 5.41) is 0. The Kier molecular flexibility index (Phi) is 34.3. The highest BCUT2D eigenvalue weighted by Gasteiger charge is 2.29. The molecule has 0 amide bonds. The van der Waals surface area contributed by atoms with Crippen molar-refractivity contribution in [3.63, 3.8) is 0 Å². The van der Waals surface area contributed by atoms with Crippen molar-refractivity contribution in [2.75, 3.05) is 27.7 Å². The summed E-state index contributed by atoms with van der Waals surface area (Å²) < 4.78 is 12.5. The van der Waals surface area contributed by atoms with E-state index in [-0.39, 0.29) is 30.1 Å². The highest BCUT2D eigenvalue weighted by atomic mass is 16.5. The third-order valence-corrected chi connectivity index (χ3v) is 10.0. The largest absolute Gasteiger partial charge is 0.463 e. The molecule has 0 aromatic heterocycles. The van der Waals surface area contributed by atoms with Gasteiger partial charge in [-0.25, -0.2) is 0 Å². The maximum absolute atomic E-state index is 12.7. The van der Waals surface area contributed by atoms with Crippen LogP contribution in [0.3, 0.4) is 0 Å². The third kappa shape index (κ3) is 36.5. The Labute approximate surface area is 318 Å². The lowest BCUT2D eigenvalue weighted by Crippen LogP contribution is -2.44. The zero-order valence-corrected chi connectivity index (χ0v) is 35.3. The number of carbonyl (C=O) groups excluding carboxylic acids is 2. The number of carbonyl (C=O) groups is 2. The smallest absolute Gasteiger partial charge is 0.306 e. The van der Waals surface area contributed by atoms with Crippen LogP contribution in [0.25, 0.3) is 0 Å². The van der Waals surface area contributed by atoms with E-state index in [0.717, 1.165) is 36.7 Å². The van der Waals surface area contributed by atoms with Crippen molar-refractivity contribution >= 4 is 11.9 Å². The molecule has 0 heterocycles. The molecule has 5 nitrogen and oxygen atoms in total. The van der Waals surface area contributed by atoms with E-state index in [1.807, 2.05) is 13.8 Å². The molecule has 0 rings (SSSR count). The van der Waals surface area contributed by atoms with Gasteiger partial charge in [0.15, 0.2) is 0 Å². The van der Waals surface area contributed by atoms with Crippen LogP contribution in [0, 0.1) is 5.92 Å². The number of rotatable bonds is 37. The molecule has 0 bridgehead atoms. The second-order valence-electron chi connectivity index (χ2n) is 16.6. The minimum atomic E-state index is -0.204. The normalized spacial score (nSPS) is 13.9. The second-order valence-corrected chi connectivity index (χ2v) is 16.6. The van der Waals surface area contributed by atoms with Crippen LogP contribution in [0.15, 0.2) is 24.3 Å². The fraction of sp³-hybridized carbons (Fsp3) is 0.870. The van der Waals surface area contributed by atoms with E-state index in [0.29, 0.717) is 19.3 Å². The molecular weight excluding hydrogens is 631 g/mol. The summed E-state index contributed by atoms with van der Waals surface area (Å²) in [5.41, 5.74) is 0. The monoisotopic (exact) mass is 719 g/mol. The first kappa shape index (κ1) is 49.4. The van der Waals surface area contributed by atoms with Crippen LogP contribution in [0.5, 0.6) is 0 Å². The van der Waals surface area contributed by atoms with Crippen LogP contribution in [0.1, 0.15) is 214 Å². The average Bonchev–Trinajstić information content (AvgIpc) is 3.07. The lowest BCUT2D eigenvalue weighted by atomic mass is 9.95. The van der Waals surface area contributed by atoms with Crippen LogP contribution in [0.4, 0.5) is 0 Å². The summed E-state index contributed by atoms with van der Waals surface area (Å²) in [4.78, 5) is 25.3. The molecule has 0 radical (unpaired) electrons. The predicted molar refractivity (Wildman–Crippen MR) is 221 cm³/mol. The van der Waals surface area contributed by atoms with Crippen molar-refractivity contribution in [1.29, 1.82) is 0 Å². The van der Waals surface area contributed by atoms with Crippen LogP contribution >= 0.6 is 0 Å². The molecule has 300 valence electrons. The topological polar surface area (TPSA) is 52.6 Å². The Hall–Kier alpha value is -1.62. The Morgan fingerprint density at radius 3 is 1.20 bits per heavy atom. The van der Waals surface area contributed by atoms with Crippen molar-refractivity contribution in [1.82, 2.24) is 0 Å². The number of nitrogens with zero attached hydrogens (tertiary/aromatic N) is 1. The first-order valence-electron chi connectivity index (χ1n) is 22.1. The summed E-state index contributed by atoms with van der Waals surface area (Å²) >= 11 is 0. The molecule has 5 heteroatoms. The van der Waals surface area contributed by atoms with Crippen molar-refractivity contribution in [2.45, 2.75) is 226 Å². The van der Waals surface area contributed by atoms with Gasteiger partial charge < -0.3 is 14.0 Å². The summed E-state index contributed by atoms with van der Waals surface area (Å²) in [7, 11) is 6.49. The van der Waals surface area contributed by atoms with E-state index >= 15 is 0 Å². The van der Waals surface area contributed by atoms with Gasteiger partial charge in [-0.15, -0.1) is 0 Å². The van der Waals surface area contributed by atoms with E-state index < -0.39 is 0 Å². The first-order valence-corrected chi connectivity index (χ1v) is 22.1. The van der Waals surface area contributed by atoms with E-state index in [9.17, 15) is 9.59 Å². The summed E-state index contributed by atoms with van der Waals surface area (Å²) in [6, 6.07) is 0. The molecular formula is C46H88NO4+. The Morgan fingerprint density at radius 1 is 0.490 bits per heavy atom. The molecule has 0 aromatic carbocycles. The highest BCUT2D eigenvalue weighted by Crippen LogP contribution is 2.21. The summed E-state index contributed by atoms with van der Waals surface area (Å²) in [6.07, 6.45) is 43.2. The van der Waals surface area contributed by atoms with Gasteiger partial charge in [0.25, 0.3) is 0 Å². The fourth-order valence-electron chi connectivity index (χ4n) is 6.92. The fourth-order valence-corrected chi connectivity index (χ4v) is 6.92. The minimum Gasteiger partial charge on any atom is -0.463 e. The molecule has 0 aliphatic heterocycles. The van der Waals surface area contributed by atoms with Gasteiger partial charge in [-0.05, 0) is 84.5 Å². The van der Waals surface area contributed by atoms with Gasteiger partial charge in [-0.2, -0.15) is 0 Å². The SMILES string of the molecule is CCCCCCCC/C=C\CCCCCCCC(=O)OC(C)CC(C[N+](C)(C)C)C(C)OC(=O)CCCCCCC/C=C\CCCCCCCC. The van der Waals surface area contributed by atoms with Crippen molar-refractivity contribution in [3.8, 4) is 0 Å². The Balaban J connectivity index is 4.11. The molecule has 3 unspecified atom stereocenters. The quantitative estimate of drug-likeness (QED) is 0.0278. The molecule has 0 saturated carbocycles.